The first-order valence-electron chi connectivity index (χ1n) is 5.51. The fourth-order valence-corrected chi connectivity index (χ4v) is 1.79. The Labute approximate surface area is 121 Å². The molecule has 2 rings (SSSR count). The Hall–Kier alpha value is -2.09. The molecule has 1 aromatic carbocycles. The van der Waals surface area contributed by atoms with E-state index in [2.05, 4.69) is 15.3 Å². The number of hydrogen-bond donors (Lipinski definition) is 1. The number of alkyl halides is 3. The number of nitrogens with zero attached hydrogens (tertiary/aromatic N) is 2. The summed E-state index contributed by atoms with van der Waals surface area (Å²) in [6.07, 6.45) is -3.68. The van der Waals surface area contributed by atoms with Gasteiger partial charge in [-0.3, -0.25) is 0 Å². The van der Waals surface area contributed by atoms with Gasteiger partial charge in [0, 0.05) is 5.69 Å². The molecule has 0 spiro atoms. The van der Waals surface area contributed by atoms with Crippen LogP contribution < -0.4 is 10.1 Å². The van der Waals surface area contributed by atoms with E-state index in [1.807, 2.05) is 0 Å². The van der Waals surface area contributed by atoms with Crippen molar-refractivity contribution in [1.82, 2.24) is 9.97 Å². The maximum Gasteiger partial charge on any atom is 0.419 e. The number of anilines is 2. The van der Waals surface area contributed by atoms with Crippen molar-refractivity contribution in [2.24, 2.45) is 0 Å². The van der Waals surface area contributed by atoms with E-state index in [0.717, 1.165) is 12.4 Å². The van der Waals surface area contributed by atoms with Gasteiger partial charge in [-0.05, 0) is 18.2 Å². The topological polar surface area (TPSA) is 47.0 Å². The predicted octanol–water partition coefficient (Wildman–Crippen LogP) is 4.04. The fraction of sp³-hybridized carbons (Fsp3) is 0.167. The molecular weight excluding hydrogens is 314 g/mol. The minimum atomic E-state index is -4.80. The molecule has 0 bridgehead atoms. The van der Waals surface area contributed by atoms with Crippen molar-refractivity contribution in [3.63, 3.8) is 0 Å². The number of benzene rings is 1. The zero-order valence-electron chi connectivity index (χ0n) is 10.5. The first-order chi connectivity index (χ1) is 9.82. The molecule has 4 nitrogen and oxygen atoms in total. The summed E-state index contributed by atoms with van der Waals surface area (Å²) in [6, 6.07) is 2.48. The largest absolute Gasteiger partial charge is 0.490 e. The number of nitrogens with one attached hydrogen (secondary N) is 1. The van der Waals surface area contributed by atoms with Crippen molar-refractivity contribution in [2.45, 2.75) is 6.18 Å². The number of ether oxygens (including phenoxy) is 1. The number of halogens is 5. The monoisotopic (exact) mass is 321 g/mol. The second kappa shape index (κ2) is 5.72. The van der Waals surface area contributed by atoms with Crippen LogP contribution in [0.2, 0.25) is 5.15 Å². The molecule has 0 radical (unpaired) electrons. The minimum Gasteiger partial charge on any atom is -0.490 e. The van der Waals surface area contributed by atoms with E-state index in [0.29, 0.717) is 12.1 Å². The highest BCUT2D eigenvalue weighted by Gasteiger charge is 2.34. The molecule has 0 aliphatic heterocycles. The molecule has 0 fully saturated rings. The van der Waals surface area contributed by atoms with E-state index in [1.54, 1.807) is 0 Å². The van der Waals surface area contributed by atoms with Crippen LogP contribution in [0.25, 0.3) is 0 Å². The quantitative estimate of drug-likeness (QED) is 0.684. The van der Waals surface area contributed by atoms with E-state index < -0.39 is 17.6 Å². The van der Waals surface area contributed by atoms with Gasteiger partial charge in [0.25, 0.3) is 0 Å². The van der Waals surface area contributed by atoms with Gasteiger partial charge in [-0.15, -0.1) is 0 Å². The average molecular weight is 322 g/mol. The van der Waals surface area contributed by atoms with Gasteiger partial charge in [0.1, 0.15) is 12.1 Å². The lowest BCUT2D eigenvalue weighted by Crippen LogP contribution is -2.09. The summed E-state index contributed by atoms with van der Waals surface area (Å²) in [6.45, 7) is 0. The Bertz CT molecular complexity index is 663. The maximum atomic E-state index is 13.2. The third-order valence-electron chi connectivity index (χ3n) is 2.50. The Morgan fingerprint density at radius 3 is 2.57 bits per heavy atom. The van der Waals surface area contributed by atoms with Crippen LogP contribution in [0.5, 0.6) is 5.75 Å². The third kappa shape index (κ3) is 3.33. The lowest BCUT2D eigenvalue weighted by Gasteiger charge is -2.13. The van der Waals surface area contributed by atoms with E-state index >= 15 is 0 Å². The van der Waals surface area contributed by atoms with Crippen LogP contribution in [0, 0.1) is 5.82 Å². The van der Waals surface area contributed by atoms with Crippen LogP contribution in [0.3, 0.4) is 0 Å². The molecule has 9 heteroatoms. The van der Waals surface area contributed by atoms with E-state index in [1.165, 1.54) is 7.11 Å². The first-order valence-corrected chi connectivity index (χ1v) is 5.89. The van der Waals surface area contributed by atoms with Crippen LogP contribution >= 0.6 is 11.6 Å². The van der Waals surface area contributed by atoms with Crippen molar-refractivity contribution in [3.8, 4) is 5.75 Å². The van der Waals surface area contributed by atoms with E-state index in [9.17, 15) is 17.6 Å². The first kappa shape index (κ1) is 15.3. The summed E-state index contributed by atoms with van der Waals surface area (Å²) in [5, 5.41) is 2.57. The SMILES string of the molecule is COc1c(Cl)ncnc1Nc1ccc(F)c(C(F)(F)F)c1. The minimum absolute atomic E-state index is 0.00634. The Kier molecular flexibility index (Phi) is 4.17. The Morgan fingerprint density at radius 2 is 1.95 bits per heavy atom. The summed E-state index contributed by atoms with van der Waals surface area (Å²) < 4.78 is 56.1. The van der Waals surface area contributed by atoms with Crippen molar-refractivity contribution in [1.29, 1.82) is 0 Å². The molecule has 1 heterocycles. The maximum absolute atomic E-state index is 13.2. The van der Waals surface area contributed by atoms with Gasteiger partial charge < -0.3 is 10.1 Å². The second-order valence-corrected chi connectivity index (χ2v) is 4.22. The van der Waals surface area contributed by atoms with Crippen LogP contribution in [0.4, 0.5) is 29.1 Å². The normalized spacial score (nSPS) is 11.3. The molecule has 1 aromatic heterocycles. The lowest BCUT2D eigenvalue weighted by molar-refractivity contribution is -0.139. The molecule has 112 valence electrons. The highest BCUT2D eigenvalue weighted by Crippen LogP contribution is 2.35. The fourth-order valence-electron chi connectivity index (χ4n) is 1.58. The highest BCUT2D eigenvalue weighted by atomic mass is 35.5. The summed E-state index contributed by atoms with van der Waals surface area (Å²) >= 11 is 5.77. The van der Waals surface area contributed by atoms with Crippen molar-refractivity contribution in [2.75, 3.05) is 12.4 Å². The van der Waals surface area contributed by atoms with Gasteiger partial charge in [-0.25, -0.2) is 14.4 Å². The van der Waals surface area contributed by atoms with E-state index in [-0.39, 0.29) is 22.4 Å². The molecule has 0 saturated heterocycles. The molecule has 0 unspecified atom stereocenters. The summed E-state index contributed by atoms with van der Waals surface area (Å²) in [5.74, 6) is -1.23. The molecule has 0 amide bonds. The van der Waals surface area contributed by atoms with E-state index in [4.69, 9.17) is 16.3 Å². The average Bonchev–Trinajstić information content (AvgIpc) is 2.40. The smallest absolute Gasteiger partial charge is 0.419 e. The standard InChI is InChI=1S/C12H8ClF4N3O/c1-21-9-10(13)18-5-19-11(9)20-6-2-3-8(14)7(4-6)12(15,16)17/h2-5H,1H3,(H,18,19,20). The molecule has 0 aliphatic carbocycles. The van der Waals surface area contributed by atoms with Gasteiger partial charge in [0.2, 0.25) is 0 Å². The Morgan fingerprint density at radius 1 is 1.24 bits per heavy atom. The lowest BCUT2D eigenvalue weighted by atomic mass is 10.2. The molecule has 0 saturated carbocycles. The van der Waals surface area contributed by atoms with Crippen LogP contribution in [0.15, 0.2) is 24.5 Å². The summed E-state index contributed by atoms with van der Waals surface area (Å²) in [4.78, 5) is 7.49. The third-order valence-corrected chi connectivity index (χ3v) is 2.77. The van der Waals surface area contributed by atoms with Crippen LogP contribution in [-0.2, 0) is 6.18 Å². The zero-order valence-corrected chi connectivity index (χ0v) is 11.3. The number of methoxy groups -OCH3 is 1. The van der Waals surface area contributed by atoms with Gasteiger partial charge in [-0.2, -0.15) is 13.2 Å². The van der Waals surface area contributed by atoms with Crippen molar-refractivity contribution >= 4 is 23.1 Å². The molecule has 0 atom stereocenters. The molecular formula is C12H8ClF4N3O. The molecule has 21 heavy (non-hydrogen) atoms. The van der Waals surface area contributed by atoms with Crippen LogP contribution in [0.1, 0.15) is 5.56 Å². The van der Waals surface area contributed by atoms with Crippen molar-refractivity contribution in [3.05, 3.63) is 41.1 Å². The second-order valence-electron chi connectivity index (χ2n) is 3.86. The van der Waals surface area contributed by atoms with Gasteiger partial charge in [0.05, 0.1) is 12.7 Å². The summed E-state index contributed by atoms with van der Waals surface area (Å²) in [5.41, 5.74) is -1.40. The predicted molar refractivity (Wildman–Crippen MR) is 68.3 cm³/mol. The van der Waals surface area contributed by atoms with Gasteiger partial charge in [0.15, 0.2) is 16.7 Å². The van der Waals surface area contributed by atoms with Gasteiger partial charge in [-0.1, -0.05) is 11.6 Å². The number of rotatable bonds is 3. The highest BCUT2D eigenvalue weighted by molar-refractivity contribution is 6.31. The number of hydrogen-bond acceptors (Lipinski definition) is 4. The molecule has 1 N–H and O–H groups in total. The summed E-state index contributed by atoms with van der Waals surface area (Å²) in [7, 11) is 1.31. The van der Waals surface area contributed by atoms with Crippen molar-refractivity contribution < 1.29 is 22.3 Å². The Balaban J connectivity index is 2.39. The molecule has 0 aliphatic rings. The number of aromatic nitrogens is 2. The zero-order chi connectivity index (χ0) is 15.6. The molecule has 2 aromatic rings. The van der Waals surface area contributed by atoms with Crippen LogP contribution in [-0.4, -0.2) is 17.1 Å². The van der Waals surface area contributed by atoms with Gasteiger partial charge >= 0.3 is 6.18 Å².